The molecule has 0 aliphatic carbocycles. The van der Waals surface area contributed by atoms with Gasteiger partial charge in [-0.3, -0.25) is 4.98 Å². The summed E-state index contributed by atoms with van der Waals surface area (Å²) >= 11 is 0. The van der Waals surface area contributed by atoms with E-state index in [9.17, 15) is 17.2 Å². The molecule has 0 spiro atoms. The van der Waals surface area contributed by atoms with Gasteiger partial charge < -0.3 is 0 Å². The van der Waals surface area contributed by atoms with Crippen LogP contribution in [0.5, 0.6) is 0 Å². The fourth-order valence-electron chi connectivity index (χ4n) is 0.960. The van der Waals surface area contributed by atoms with Crippen molar-refractivity contribution in [2.75, 3.05) is 0 Å². The molecule has 0 bridgehead atoms. The predicted molar refractivity (Wildman–Crippen MR) is 46.9 cm³/mol. The zero-order chi connectivity index (χ0) is 11.6. The summed E-state index contributed by atoms with van der Waals surface area (Å²) in [5.41, 5.74) is -1.42. The molecule has 1 aromatic heterocycles. The maximum Gasteiger partial charge on any atom is 0.266 e. The molecule has 1 heterocycles. The highest BCUT2D eigenvalue weighted by Gasteiger charge is 2.25. The van der Waals surface area contributed by atoms with E-state index in [1.165, 1.54) is 6.07 Å². The predicted octanol–water partition coefficient (Wildman–Crippen LogP) is 1.82. The van der Waals surface area contributed by atoms with Crippen LogP contribution in [0.2, 0.25) is 0 Å². The van der Waals surface area contributed by atoms with Gasteiger partial charge in [-0.15, -0.1) is 0 Å². The van der Waals surface area contributed by atoms with E-state index in [-0.39, 0.29) is 0 Å². The van der Waals surface area contributed by atoms with E-state index in [1.54, 1.807) is 0 Å². The zero-order valence-electron chi connectivity index (χ0n) is 6.99. The minimum atomic E-state index is -4.33. The van der Waals surface area contributed by atoms with Gasteiger partial charge in [0.2, 0.25) is 0 Å². The summed E-state index contributed by atoms with van der Waals surface area (Å²) in [6.07, 6.45) is -1.57. The molecule has 1 aromatic rings. The summed E-state index contributed by atoms with van der Waals surface area (Å²) < 4.78 is 46.8. The topological polar surface area (TPSA) is 70.8 Å². The maximum absolute atomic E-state index is 12.5. The number of rotatable bonds is 2. The van der Waals surface area contributed by atoms with Crippen LogP contribution in [0.25, 0.3) is 0 Å². The largest absolute Gasteiger partial charge is 0.266 e. The Bertz CT molecular complexity index is 524. The summed E-state index contributed by atoms with van der Waals surface area (Å²) in [6, 6.07) is 1.42. The Kier molecular flexibility index (Phi) is 3.21. The molecule has 0 aromatic carbocycles. The lowest BCUT2D eigenvalue weighted by atomic mass is 10.1. The van der Waals surface area contributed by atoms with Crippen molar-refractivity contribution in [2.45, 2.75) is 11.3 Å². The van der Waals surface area contributed by atoms with Crippen molar-refractivity contribution in [3.63, 3.8) is 0 Å². The van der Waals surface area contributed by atoms with Gasteiger partial charge >= 0.3 is 0 Å². The third-order valence-corrected chi connectivity index (χ3v) is 2.90. The molecule has 0 atom stereocenters. The standard InChI is InChI=1S/C7H3ClF2N2O2S/c8-15(13,14)5-3-12-2-4(1-11)6(5)7(9)10/h2-3,7H. The van der Waals surface area contributed by atoms with Gasteiger partial charge in [-0.25, -0.2) is 17.2 Å². The molecule has 0 N–H and O–H groups in total. The van der Waals surface area contributed by atoms with Crippen LogP contribution in [0.15, 0.2) is 17.3 Å². The Morgan fingerprint density at radius 1 is 1.47 bits per heavy atom. The molecule has 0 aliphatic rings. The first-order chi connectivity index (χ1) is 6.88. The minimum absolute atomic E-state index is 0.508. The molecule has 1 rings (SSSR count). The number of alkyl halides is 2. The van der Waals surface area contributed by atoms with Crippen LogP contribution >= 0.6 is 10.7 Å². The van der Waals surface area contributed by atoms with Crippen LogP contribution in [0.3, 0.4) is 0 Å². The van der Waals surface area contributed by atoms with E-state index in [0.717, 1.165) is 6.20 Å². The molecule has 0 amide bonds. The van der Waals surface area contributed by atoms with Crippen LogP contribution in [-0.4, -0.2) is 13.4 Å². The van der Waals surface area contributed by atoms with Crippen molar-refractivity contribution in [1.29, 1.82) is 5.26 Å². The van der Waals surface area contributed by atoms with Gasteiger partial charge in [0.05, 0.1) is 11.1 Å². The van der Waals surface area contributed by atoms with Crippen LogP contribution in [0.4, 0.5) is 8.78 Å². The number of nitrogens with zero attached hydrogens (tertiary/aromatic N) is 2. The number of halogens is 3. The summed E-state index contributed by atoms with van der Waals surface area (Å²) in [4.78, 5) is 2.51. The first-order valence-corrected chi connectivity index (χ1v) is 5.79. The Hall–Kier alpha value is -1.26. The van der Waals surface area contributed by atoms with Crippen molar-refractivity contribution >= 4 is 19.7 Å². The van der Waals surface area contributed by atoms with E-state index in [0.29, 0.717) is 6.20 Å². The van der Waals surface area contributed by atoms with Gasteiger partial charge in [0, 0.05) is 23.1 Å². The maximum atomic E-state index is 12.5. The van der Waals surface area contributed by atoms with Crippen LogP contribution in [0.1, 0.15) is 17.6 Å². The number of hydrogen-bond donors (Lipinski definition) is 0. The zero-order valence-corrected chi connectivity index (χ0v) is 8.56. The van der Waals surface area contributed by atoms with E-state index >= 15 is 0 Å². The number of nitriles is 1. The highest BCUT2D eigenvalue weighted by molar-refractivity contribution is 8.13. The monoisotopic (exact) mass is 252 g/mol. The lowest BCUT2D eigenvalue weighted by Crippen LogP contribution is -2.02. The summed E-state index contributed by atoms with van der Waals surface area (Å²) in [5.74, 6) is 0. The molecular weight excluding hydrogens is 250 g/mol. The summed E-state index contributed by atoms with van der Waals surface area (Å²) in [6.45, 7) is 0. The average Bonchev–Trinajstić information content (AvgIpc) is 2.15. The fourth-order valence-corrected chi connectivity index (χ4v) is 1.98. The Labute approximate surface area is 88.5 Å². The third-order valence-electron chi connectivity index (χ3n) is 1.55. The second-order valence-corrected chi connectivity index (χ2v) is 4.98. The van der Waals surface area contributed by atoms with Crippen LogP contribution in [-0.2, 0) is 9.05 Å². The molecule has 4 nitrogen and oxygen atoms in total. The smallest absolute Gasteiger partial charge is 0.262 e. The van der Waals surface area contributed by atoms with Gasteiger partial charge in [0.1, 0.15) is 11.0 Å². The first kappa shape index (κ1) is 11.8. The second kappa shape index (κ2) is 4.08. The van der Waals surface area contributed by atoms with Gasteiger partial charge in [-0.1, -0.05) is 0 Å². The van der Waals surface area contributed by atoms with Gasteiger partial charge in [0.25, 0.3) is 15.5 Å². The summed E-state index contributed by atoms with van der Waals surface area (Å²) in [7, 11) is 0.594. The normalized spacial score (nSPS) is 11.4. The summed E-state index contributed by atoms with van der Waals surface area (Å²) in [5, 5.41) is 8.50. The molecule has 80 valence electrons. The molecule has 0 radical (unpaired) electrons. The van der Waals surface area contributed by atoms with Crippen molar-refractivity contribution in [1.82, 2.24) is 4.98 Å². The molecule has 15 heavy (non-hydrogen) atoms. The number of aromatic nitrogens is 1. The van der Waals surface area contributed by atoms with E-state index in [4.69, 9.17) is 15.9 Å². The average molecular weight is 253 g/mol. The lowest BCUT2D eigenvalue weighted by molar-refractivity contribution is 0.147. The molecular formula is C7H3ClF2N2O2S. The van der Waals surface area contributed by atoms with E-state index in [2.05, 4.69) is 4.98 Å². The Morgan fingerprint density at radius 2 is 2.07 bits per heavy atom. The number of pyridine rings is 1. The Morgan fingerprint density at radius 3 is 2.47 bits per heavy atom. The van der Waals surface area contributed by atoms with Crippen molar-refractivity contribution < 1.29 is 17.2 Å². The molecule has 8 heteroatoms. The third kappa shape index (κ3) is 2.40. The molecule has 0 saturated heterocycles. The highest BCUT2D eigenvalue weighted by Crippen LogP contribution is 2.30. The van der Waals surface area contributed by atoms with Crippen molar-refractivity contribution in [3.05, 3.63) is 23.5 Å². The van der Waals surface area contributed by atoms with Gasteiger partial charge in [-0.2, -0.15) is 5.26 Å². The minimum Gasteiger partial charge on any atom is -0.262 e. The van der Waals surface area contributed by atoms with Crippen LogP contribution < -0.4 is 0 Å². The molecule has 0 saturated carbocycles. The SMILES string of the molecule is N#Cc1cncc(S(=O)(=O)Cl)c1C(F)F. The van der Waals surface area contributed by atoms with Crippen LogP contribution in [0, 0.1) is 11.3 Å². The van der Waals surface area contributed by atoms with Gasteiger partial charge in [-0.05, 0) is 0 Å². The Balaban J connectivity index is 3.62. The second-order valence-electron chi connectivity index (χ2n) is 2.45. The van der Waals surface area contributed by atoms with Gasteiger partial charge in [0.15, 0.2) is 0 Å². The van der Waals surface area contributed by atoms with Crippen molar-refractivity contribution in [3.8, 4) is 6.07 Å². The highest BCUT2D eigenvalue weighted by atomic mass is 35.7. The quantitative estimate of drug-likeness (QED) is 0.753. The van der Waals surface area contributed by atoms with E-state index < -0.39 is 31.5 Å². The molecule has 0 fully saturated rings. The fraction of sp³-hybridized carbons (Fsp3) is 0.143. The van der Waals surface area contributed by atoms with E-state index in [1.807, 2.05) is 0 Å². The molecule has 0 unspecified atom stereocenters. The van der Waals surface area contributed by atoms with Crippen molar-refractivity contribution in [2.24, 2.45) is 0 Å². The first-order valence-electron chi connectivity index (χ1n) is 3.48. The molecule has 0 aliphatic heterocycles. The number of hydrogen-bond acceptors (Lipinski definition) is 4. The lowest BCUT2D eigenvalue weighted by Gasteiger charge is -2.06.